The van der Waals surface area contributed by atoms with E-state index in [2.05, 4.69) is 5.32 Å². The average Bonchev–Trinajstić information content (AvgIpc) is 2.82. The fourth-order valence-corrected chi connectivity index (χ4v) is 3.15. The maximum atomic E-state index is 12.8. The normalized spacial score (nSPS) is 10.3. The molecular weight excluding hydrogens is 434 g/mol. The van der Waals surface area contributed by atoms with Crippen LogP contribution < -0.4 is 29.0 Å². The maximum absolute atomic E-state index is 12.8. The van der Waals surface area contributed by atoms with E-state index in [-0.39, 0.29) is 5.91 Å². The quantitative estimate of drug-likeness (QED) is 0.475. The number of ether oxygens (including phenoxy) is 5. The fraction of sp³-hybridized carbons (Fsp3) is 0.208. The van der Waals surface area contributed by atoms with E-state index in [1.807, 2.05) is 12.1 Å². The van der Waals surface area contributed by atoms with Crippen molar-refractivity contribution in [1.82, 2.24) is 0 Å². The SMILES string of the molecule is COc1cc(C(=O)Nc2cc(OC)c(OC)c(OC)c2)ccc1OCc1ccc(Cl)cc1. The Hall–Kier alpha value is -3.58. The molecule has 7 nitrogen and oxygen atoms in total. The lowest BCUT2D eigenvalue weighted by Crippen LogP contribution is -2.12. The maximum Gasteiger partial charge on any atom is 0.255 e. The van der Waals surface area contributed by atoms with Gasteiger partial charge in [0.15, 0.2) is 23.0 Å². The highest BCUT2D eigenvalue weighted by molar-refractivity contribution is 6.30. The second kappa shape index (κ2) is 10.6. The summed E-state index contributed by atoms with van der Waals surface area (Å²) in [7, 11) is 6.06. The molecule has 0 aliphatic carbocycles. The van der Waals surface area contributed by atoms with Crippen LogP contribution in [0.5, 0.6) is 28.7 Å². The first kappa shape index (κ1) is 23.1. The minimum Gasteiger partial charge on any atom is -0.493 e. The third-order valence-corrected chi connectivity index (χ3v) is 4.91. The van der Waals surface area contributed by atoms with Gasteiger partial charge in [-0.25, -0.2) is 0 Å². The van der Waals surface area contributed by atoms with E-state index in [9.17, 15) is 4.79 Å². The summed E-state index contributed by atoms with van der Waals surface area (Å²) in [5, 5.41) is 3.49. The number of amides is 1. The number of carbonyl (C=O) groups is 1. The van der Waals surface area contributed by atoms with Gasteiger partial charge in [-0.2, -0.15) is 0 Å². The molecule has 3 aromatic rings. The molecule has 0 fully saturated rings. The number of halogens is 1. The predicted octanol–water partition coefficient (Wildman–Crippen LogP) is 5.21. The van der Waals surface area contributed by atoms with E-state index >= 15 is 0 Å². The Bertz CT molecular complexity index is 1060. The summed E-state index contributed by atoms with van der Waals surface area (Å²) in [6.45, 7) is 0.338. The summed E-state index contributed by atoms with van der Waals surface area (Å²) in [5.74, 6) is 1.94. The van der Waals surface area contributed by atoms with Gasteiger partial charge in [0.05, 0.1) is 28.4 Å². The first-order valence-electron chi connectivity index (χ1n) is 9.65. The van der Waals surface area contributed by atoms with Gasteiger partial charge >= 0.3 is 0 Å². The molecule has 32 heavy (non-hydrogen) atoms. The van der Waals surface area contributed by atoms with Crippen molar-refractivity contribution in [1.29, 1.82) is 0 Å². The van der Waals surface area contributed by atoms with Crippen LogP contribution >= 0.6 is 11.6 Å². The number of rotatable bonds is 9. The number of anilines is 1. The lowest BCUT2D eigenvalue weighted by Gasteiger charge is -2.15. The van der Waals surface area contributed by atoms with Gasteiger partial charge in [0, 0.05) is 28.4 Å². The average molecular weight is 458 g/mol. The van der Waals surface area contributed by atoms with Gasteiger partial charge in [0.25, 0.3) is 5.91 Å². The fourth-order valence-electron chi connectivity index (χ4n) is 3.03. The Kier molecular flexibility index (Phi) is 7.68. The Morgan fingerprint density at radius 2 is 1.41 bits per heavy atom. The number of benzene rings is 3. The summed E-state index contributed by atoms with van der Waals surface area (Å²) in [6.07, 6.45) is 0. The van der Waals surface area contributed by atoms with Gasteiger partial charge in [0.1, 0.15) is 6.61 Å². The smallest absolute Gasteiger partial charge is 0.255 e. The molecular formula is C24H24ClNO6. The molecule has 0 aromatic heterocycles. The zero-order valence-electron chi connectivity index (χ0n) is 18.2. The second-order valence-electron chi connectivity index (χ2n) is 6.65. The highest BCUT2D eigenvalue weighted by Crippen LogP contribution is 2.40. The molecule has 0 spiro atoms. The van der Waals surface area contributed by atoms with Gasteiger partial charge in [-0.05, 0) is 35.9 Å². The Labute approximate surface area is 191 Å². The number of methoxy groups -OCH3 is 4. The van der Waals surface area contributed by atoms with Gasteiger partial charge in [-0.1, -0.05) is 23.7 Å². The minimum atomic E-state index is -0.332. The number of hydrogen-bond donors (Lipinski definition) is 1. The topological polar surface area (TPSA) is 75.3 Å². The van der Waals surface area contributed by atoms with E-state index in [0.29, 0.717) is 51.6 Å². The van der Waals surface area contributed by atoms with Crippen molar-refractivity contribution in [2.45, 2.75) is 6.61 Å². The standard InChI is InChI=1S/C24H24ClNO6/c1-28-20-11-16(7-10-19(20)32-14-15-5-8-17(25)9-6-15)24(27)26-18-12-21(29-2)23(31-4)22(13-18)30-3/h5-13H,14H2,1-4H3,(H,26,27). The van der Waals surface area contributed by atoms with Crippen LogP contribution in [0.4, 0.5) is 5.69 Å². The first-order chi connectivity index (χ1) is 15.5. The molecule has 0 saturated carbocycles. The molecule has 3 aromatic carbocycles. The first-order valence-corrected chi connectivity index (χ1v) is 10.0. The lowest BCUT2D eigenvalue weighted by molar-refractivity contribution is 0.102. The molecule has 8 heteroatoms. The van der Waals surface area contributed by atoms with Crippen LogP contribution in [0.15, 0.2) is 54.6 Å². The number of nitrogens with one attached hydrogen (secondary N) is 1. The zero-order chi connectivity index (χ0) is 23.1. The van der Waals surface area contributed by atoms with Crippen LogP contribution in [0.2, 0.25) is 5.02 Å². The summed E-state index contributed by atoms with van der Waals surface area (Å²) >= 11 is 5.91. The van der Waals surface area contributed by atoms with Gasteiger partial charge in [0.2, 0.25) is 5.75 Å². The molecule has 0 heterocycles. The van der Waals surface area contributed by atoms with Crippen molar-refractivity contribution < 1.29 is 28.5 Å². The van der Waals surface area contributed by atoms with Crippen molar-refractivity contribution >= 4 is 23.2 Å². The van der Waals surface area contributed by atoms with Crippen molar-refractivity contribution in [3.05, 3.63) is 70.7 Å². The molecule has 3 rings (SSSR count). The van der Waals surface area contributed by atoms with Crippen molar-refractivity contribution in [3.63, 3.8) is 0 Å². The monoisotopic (exact) mass is 457 g/mol. The summed E-state index contributed by atoms with van der Waals surface area (Å²) in [5.41, 5.74) is 1.85. The second-order valence-corrected chi connectivity index (χ2v) is 7.09. The Morgan fingerprint density at radius 1 is 0.781 bits per heavy atom. The van der Waals surface area contributed by atoms with E-state index in [0.717, 1.165) is 5.56 Å². The molecule has 0 aliphatic rings. The minimum absolute atomic E-state index is 0.332. The molecule has 0 atom stereocenters. The van der Waals surface area contributed by atoms with Crippen molar-refractivity contribution in [2.75, 3.05) is 33.8 Å². The van der Waals surface area contributed by atoms with Gasteiger partial charge in [-0.3, -0.25) is 4.79 Å². The van der Waals surface area contributed by atoms with E-state index < -0.39 is 0 Å². The van der Waals surface area contributed by atoms with Crippen LogP contribution in [0, 0.1) is 0 Å². The molecule has 0 aliphatic heterocycles. The van der Waals surface area contributed by atoms with Crippen LogP contribution in [-0.2, 0) is 6.61 Å². The zero-order valence-corrected chi connectivity index (χ0v) is 19.0. The molecule has 0 radical (unpaired) electrons. The molecule has 1 N–H and O–H groups in total. The van der Waals surface area contributed by atoms with Crippen LogP contribution in [0.3, 0.4) is 0 Å². The summed E-state index contributed by atoms with van der Waals surface area (Å²) in [4.78, 5) is 12.8. The molecule has 0 unspecified atom stereocenters. The van der Waals surface area contributed by atoms with Crippen LogP contribution in [0.25, 0.3) is 0 Å². The predicted molar refractivity (Wildman–Crippen MR) is 123 cm³/mol. The van der Waals surface area contributed by atoms with E-state index in [4.69, 9.17) is 35.3 Å². The van der Waals surface area contributed by atoms with Gasteiger partial charge < -0.3 is 29.0 Å². The largest absolute Gasteiger partial charge is 0.493 e. The molecule has 0 saturated heterocycles. The molecule has 1 amide bonds. The third kappa shape index (κ3) is 5.36. The van der Waals surface area contributed by atoms with Crippen LogP contribution in [-0.4, -0.2) is 34.3 Å². The number of carbonyl (C=O) groups excluding carboxylic acids is 1. The lowest BCUT2D eigenvalue weighted by atomic mass is 10.1. The highest BCUT2D eigenvalue weighted by Gasteiger charge is 2.16. The third-order valence-electron chi connectivity index (χ3n) is 4.66. The summed E-state index contributed by atoms with van der Waals surface area (Å²) in [6, 6.07) is 15.6. The Morgan fingerprint density at radius 3 is 1.97 bits per heavy atom. The van der Waals surface area contributed by atoms with E-state index in [1.165, 1.54) is 28.4 Å². The van der Waals surface area contributed by atoms with Crippen molar-refractivity contribution in [3.8, 4) is 28.7 Å². The number of hydrogen-bond acceptors (Lipinski definition) is 6. The molecule has 0 bridgehead atoms. The highest BCUT2D eigenvalue weighted by atomic mass is 35.5. The Balaban J connectivity index is 1.76. The van der Waals surface area contributed by atoms with Gasteiger partial charge in [-0.15, -0.1) is 0 Å². The van der Waals surface area contributed by atoms with Crippen molar-refractivity contribution in [2.24, 2.45) is 0 Å². The van der Waals surface area contributed by atoms with Crippen LogP contribution in [0.1, 0.15) is 15.9 Å². The molecule has 168 valence electrons. The van der Waals surface area contributed by atoms with E-state index in [1.54, 1.807) is 42.5 Å². The summed E-state index contributed by atoms with van der Waals surface area (Å²) < 4.78 is 27.2.